The number of fused-ring (bicyclic) bond motifs is 2. The van der Waals surface area contributed by atoms with E-state index >= 15 is 0 Å². The molecule has 156 valence electrons. The van der Waals surface area contributed by atoms with Crippen molar-refractivity contribution in [2.75, 3.05) is 13.2 Å². The van der Waals surface area contributed by atoms with Crippen LogP contribution in [0, 0.1) is 0 Å². The zero-order valence-corrected chi connectivity index (χ0v) is 16.8. The minimum atomic E-state index is -0.209. The van der Waals surface area contributed by atoms with E-state index in [4.69, 9.17) is 4.74 Å². The van der Waals surface area contributed by atoms with Gasteiger partial charge >= 0.3 is 0 Å². The van der Waals surface area contributed by atoms with Gasteiger partial charge in [-0.3, -0.25) is 9.59 Å². The highest BCUT2D eigenvalue weighted by Gasteiger charge is 2.22. The summed E-state index contributed by atoms with van der Waals surface area (Å²) in [5, 5.41) is 11.2. The van der Waals surface area contributed by atoms with E-state index in [2.05, 4.69) is 31.5 Å². The Balaban J connectivity index is 1.42. The van der Waals surface area contributed by atoms with E-state index in [0.717, 1.165) is 34.3 Å². The first-order valence-electron chi connectivity index (χ1n) is 10.2. The number of nitrogens with zero attached hydrogens (tertiary/aromatic N) is 2. The smallest absolute Gasteiger partial charge is 0.272 e. The van der Waals surface area contributed by atoms with E-state index < -0.39 is 0 Å². The zero-order chi connectivity index (χ0) is 21.2. The lowest BCUT2D eigenvalue weighted by Crippen LogP contribution is -2.26. The van der Waals surface area contributed by atoms with Crippen molar-refractivity contribution in [3.63, 3.8) is 0 Å². The van der Waals surface area contributed by atoms with E-state index in [9.17, 15) is 9.59 Å². The van der Waals surface area contributed by atoms with Crippen LogP contribution >= 0.6 is 0 Å². The number of hydrogen-bond acceptors (Lipinski definition) is 5. The highest BCUT2D eigenvalue weighted by Crippen LogP contribution is 2.32. The van der Waals surface area contributed by atoms with Gasteiger partial charge in [-0.25, -0.2) is 10.1 Å². The van der Waals surface area contributed by atoms with Gasteiger partial charge in [0.15, 0.2) is 0 Å². The second-order valence-corrected chi connectivity index (χ2v) is 7.53. The van der Waals surface area contributed by atoms with E-state index in [-0.39, 0.29) is 11.5 Å². The average molecular weight is 415 g/mol. The van der Waals surface area contributed by atoms with Crippen LogP contribution in [0.15, 0.2) is 53.7 Å². The van der Waals surface area contributed by atoms with Crippen molar-refractivity contribution in [2.24, 2.45) is 0 Å². The molecule has 8 heteroatoms. The molecule has 0 spiro atoms. The molecule has 1 amide bonds. The van der Waals surface area contributed by atoms with Gasteiger partial charge in [-0.2, -0.15) is 5.10 Å². The normalized spacial score (nSPS) is 12.5. The molecule has 0 unspecified atom stereocenters. The van der Waals surface area contributed by atoms with E-state index in [1.165, 1.54) is 0 Å². The van der Waals surface area contributed by atoms with Crippen molar-refractivity contribution < 1.29 is 9.53 Å². The number of amides is 1. The predicted molar refractivity (Wildman–Crippen MR) is 115 cm³/mol. The van der Waals surface area contributed by atoms with E-state index in [0.29, 0.717) is 42.7 Å². The van der Waals surface area contributed by atoms with Gasteiger partial charge in [0, 0.05) is 43.1 Å². The van der Waals surface area contributed by atoms with Crippen LogP contribution in [0.3, 0.4) is 0 Å². The third kappa shape index (κ3) is 3.79. The first kappa shape index (κ1) is 19.0. The molecule has 31 heavy (non-hydrogen) atoms. The molecule has 0 fully saturated rings. The molecular formula is C23H21N5O3. The summed E-state index contributed by atoms with van der Waals surface area (Å²) in [5.74, 6) is 0.487. The summed E-state index contributed by atoms with van der Waals surface area (Å²) in [7, 11) is 0. The van der Waals surface area contributed by atoms with Crippen LogP contribution in [0.5, 0.6) is 5.75 Å². The molecule has 0 saturated carbocycles. The minimum absolute atomic E-state index is 0.168. The number of nitrogens with one attached hydrogen (secondary N) is 3. The van der Waals surface area contributed by atoms with E-state index in [1.54, 1.807) is 18.6 Å². The van der Waals surface area contributed by atoms with Gasteiger partial charge in [0.25, 0.3) is 11.5 Å². The van der Waals surface area contributed by atoms with Gasteiger partial charge < -0.3 is 15.0 Å². The van der Waals surface area contributed by atoms with Gasteiger partial charge in [0.05, 0.1) is 29.6 Å². The quantitative estimate of drug-likeness (QED) is 0.447. The highest BCUT2D eigenvalue weighted by molar-refractivity contribution is 5.98. The Morgan fingerprint density at radius 2 is 2.06 bits per heavy atom. The van der Waals surface area contributed by atoms with Crippen LogP contribution in [-0.2, 0) is 19.3 Å². The van der Waals surface area contributed by atoms with Gasteiger partial charge in [-0.1, -0.05) is 24.3 Å². The lowest BCUT2D eigenvalue weighted by molar-refractivity contribution is 0.0951. The molecule has 0 bridgehead atoms. The first-order valence-corrected chi connectivity index (χ1v) is 10.2. The maximum absolute atomic E-state index is 12.9. The van der Waals surface area contributed by atoms with Crippen LogP contribution < -0.4 is 15.6 Å². The Morgan fingerprint density at radius 3 is 2.90 bits per heavy atom. The standard InChI is InChI=1S/C23H21N5O3/c29-22(25-7-5-16-12-24-13-26-16)19-10-14(9-15-6-8-31-21(15)19)11-20-17-3-1-2-4-18(17)23(30)28-27-20/h1-4,9-10,12-13H,5-8,11H2,(H,24,26)(H,25,29)(H,28,30). The van der Waals surface area contributed by atoms with Crippen LogP contribution in [0.2, 0.25) is 0 Å². The minimum Gasteiger partial charge on any atom is -0.492 e. The van der Waals surface area contributed by atoms with Gasteiger partial charge in [0.1, 0.15) is 5.75 Å². The summed E-state index contributed by atoms with van der Waals surface area (Å²) < 4.78 is 5.75. The van der Waals surface area contributed by atoms with Crippen molar-refractivity contribution >= 4 is 16.7 Å². The molecule has 1 aliphatic heterocycles. The van der Waals surface area contributed by atoms with Crippen molar-refractivity contribution in [3.8, 4) is 5.75 Å². The van der Waals surface area contributed by atoms with Crippen molar-refractivity contribution in [1.82, 2.24) is 25.5 Å². The Kier molecular flexibility index (Phi) is 4.95. The number of benzene rings is 2. The Labute approximate surface area is 177 Å². The molecule has 0 aliphatic carbocycles. The Bertz CT molecular complexity index is 1310. The van der Waals surface area contributed by atoms with Crippen molar-refractivity contribution in [1.29, 1.82) is 0 Å². The fraction of sp³-hybridized carbons (Fsp3) is 0.217. The topological polar surface area (TPSA) is 113 Å². The maximum Gasteiger partial charge on any atom is 0.272 e. The van der Waals surface area contributed by atoms with Gasteiger partial charge in [-0.05, 0) is 23.3 Å². The molecule has 5 rings (SSSR count). The fourth-order valence-corrected chi connectivity index (χ4v) is 3.97. The van der Waals surface area contributed by atoms with Crippen LogP contribution in [0.4, 0.5) is 0 Å². The third-order valence-electron chi connectivity index (χ3n) is 5.47. The summed E-state index contributed by atoms with van der Waals surface area (Å²) in [6, 6.07) is 11.3. The van der Waals surface area contributed by atoms with Crippen LogP contribution in [-0.4, -0.2) is 39.2 Å². The van der Waals surface area contributed by atoms with Gasteiger partial charge in [0.2, 0.25) is 0 Å². The largest absolute Gasteiger partial charge is 0.492 e. The SMILES string of the molecule is O=C(NCCc1cnc[nH]1)c1cc(Cc2n[nH]c(=O)c3ccccc23)cc2c1OCC2. The number of aromatic amines is 2. The van der Waals surface area contributed by atoms with Crippen LogP contribution in [0.25, 0.3) is 10.8 Å². The van der Waals surface area contributed by atoms with Crippen molar-refractivity contribution in [2.45, 2.75) is 19.3 Å². The summed E-state index contributed by atoms with van der Waals surface area (Å²) in [5.41, 5.74) is 4.02. The maximum atomic E-state index is 12.9. The Morgan fingerprint density at radius 1 is 1.19 bits per heavy atom. The third-order valence-corrected chi connectivity index (χ3v) is 5.47. The monoisotopic (exact) mass is 415 g/mol. The second-order valence-electron chi connectivity index (χ2n) is 7.53. The van der Waals surface area contributed by atoms with Gasteiger partial charge in [-0.15, -0.1) is 0 Å². The molecule has 0 atom stereocenters. The number of ether oxygens (including phenoxy) is 1. The first-order chi connectivity index (χ1) is 15.2. The summed E-state index contributed by atoms with van der Waals surface area (Å²) in [6.07, 6.45) is 5.29. The molecular weight excluding hydrogens is 394 g/mol. The van der Waals surface area contributed by atoms with E-state index in [1.807, 2.05) is 24.3 Å². The number of carbonyl (C=O) groups is 1. The summed E-state index contributed by atoms with van der Waals surface area (Å²) in [4.78, 5) is 32.0. The number of hydrogen-bond donors (Lipinski definition) is 3. The molecule has 8 nitrogen and oxygen atoms in total. The summed E-state index contributed by atoms with van der Waals surface area (Å²) in [6.45, 7) is 1.05. The number of aromatic nitrogens is 4. The second kappa shape index (κ2) is 8.06. The number of rotatable bonds is 6. The predicted octanol–water partition coefficient (Wildman–Crippen LogP) is 2.14. The molecule has 3 N–H and O–H groups in total. The molecule has 3 heterocycles. The van der Waals surface area contributed by atoms with Crippen LogP contribution in [0.1, 0.15) is 32.9 Å². The lowest BCUT2D eigenvalue weighted by Gasteiger charge is -2.12. The fourth-order valence-electron chi connectivity index (χ4n) is 3.97. The lowest BCUT2D eigenvalue weighted by atomic mass is 9.98. The molecule has 2 aromatic heterocycles. The zero-order valence-electron chi connectivity index (χ0n) is 16.8. The summed E-state index contributed by atoms with van der Waals surface area (Å²) >= 11 is 0. The number of H-pyrrole nitrogens is 2. The number of imidazole rings is 1. The average Bonchev–Trinajstić information content (AvgIpc) is 3.47. The highest BCUT2D eigenvalue weighted by atomic mass is 16.5. The Hall–Kier alpha value is -3.94. The number of carbonyl (C=O) groups excluding carboxylic acids is 1. The molecule has 1 aliphatic rings. The van der Waals surface area contributed by atoms with Crippen molar-refractivity contribution in [3.05, 3.63) is 87.4 Å². The molecule has 0 saturated heterocycles. The molecule has 0 radical (unpaired) electrons. The molecule has 4 aromatic rings. The molecule has 2 aromatic carbocycles.